The van der Waals surface area contributed by atoms with Crippen molar-refractivity contribution in [1.82, 2.24) is 14.5 Å². The Hall–Kier alpha value is -1.11. The van der Waals surface area contributed by atoms with Crippen molar-refractivity contribution >= 4 is 17.4 Å². The number of hydrogen-bond donors (Lipinski definition) is 0. The third kappa shape index (κ3) is 3.70. The Labute approximate surface area is 139 Å². The highest BCUT2D eigenvalue weighted by atomic mass is 32.1. The summed E-state index contributed by atoms with van der Waals surface area (Å²) in [5.41, 5.74) is -0.448. The van der Waals surface area contributed by atoms with Crippen LogP contribution in [0.2, 0.25) is 0 Å². The second kappa shape index (κ2) is 7.64. The number of carbonyl (C=O) groups excluding carboxylic acids is 1. The molecule has 0 spiro atoms. The van der Waals surface area contributed by atoms with E-state index in [1.807, 2.05) is 4.90 Å². The van der Waals surface area contributed by atoms with Crippen LogP contribution in [0.5, 0.6) is 0 Å². The fourth-order valence-electron chi connectivity index (χ4n) is 3.95. The molecule has 0 bridgehead atoms. The molecule has 1 heterocycles. The van der Waals surface area contributed by atoms with Gasteiger partial charge in [-0.15, -0.1) is 5.10 Å². The first-order valence-corrected chi connectivity index (χ1v) is 9.39. The topological polar surface area (TPSA) is 46.1 Å². The molecule has 2 aliphatic rings. The molecule has 4 nitrogen and oxygen atoms in total. The molecule has 0 unspecified atom stereocenters. The summed E-state index contributed by atoms with van der Waals surface area (Å²) in [5, 5.41) is 3.48. The first-order chi connectivity index (χ1) is 11.2. The van der Waals surface area contributed by atoms with Gasteiger partial charge in [-0.25, -0.2) is 8.78 Å². The first-order valence-electron chi connectivity index (χ1n) is 8.61. The predicted octanol–water partition coefficient (Wildman–Crippen LogP) is 4.58. The Morgan fingerprint density at radius 2 is 1.52 bits per heavy atom. The molecule has 7 heteroatoms. The fourth-order valence-corrected chi connectivity index (χ4v) is 4.57. The molecule has 23 heavy (non-hydrogen) atoms. The van der Waals surface area contributed by atoms with Crippen molar-refractivity contribution in [3.63, 3.8) is 0 Å². The zero-order valence-corrected chi connectivity index (χ0v) is 14.0. The van der Waals surface area contributed by atoms with E-state index in [1.54, 1.807) is 0 Å². The van der Waals surface area contributed by atoms with Crippen LogP contribution in [0.1, 0.15) is 86.0 Å². The van der Waals surface area contributed by atoms with Crippen molar-refractivity contribution in [2.75, 3.05) is 0 Å². The Morgan fingerprint density at radius 1 is 1.00 bits per heavy atom. The van der Waals surface area contributed by atoms with Gasteiger partial charge < -0.3 is 4.90 Å². The maximum Gasteiger partial charge on any atom is 0.283 e. The number of alkyl halides is 2. The molecule has 0 N–H and O–H groups in total. The van der Waals surface area contributed by atoms with Crippen molar-refractivity contribution in [2.45, 2.75) is 82.7 Å². The molecule has 1 amide bonds. The zero-order valence-electron chi connectivity index (χ0n) is 13.2. The summed E-state index contributed by atoms with van der Waals surface area (Å²) in [5.74, 6) is -0.269. The van der Waals surface area contributed by atoms with Gasteiger partial charge >= 0.3 is 0 Å². The molecule has 0 aromatic carbocycles. The van der Waals surface area contributed by atoms with Crippen molar-refractivity contribution in [3.8, 4) is 0 Å². The highest BCUT2D eigenvalue weighted by molar-refractivity contribution is 7.08. The van der Waals surface area contributed by atoms with E-state index in [0.717, 1.165) is 62.9 Å². The molecule has 0 saturated heterocycles. The Balaban J connectivity index is 1.86. The average molecular weight is 343 g/mol. The molecular formula is C16H23F2N3OS. The molecular weight excluding hydrogens is 320 g/mol. The molecule has 2 fully saturated rings. The molecule has 128 valence electrons. The summed E-state index contributed by atoms with van der Waals surface area (Å²) in [6.45, 7) is 0. The summed E-state index contributed by atoms with van der Waals surface area (Å²) in [4.78, 5) is 15.0. The van der Waals surface area contributed by atoms with E-state index < -0.39 is 12.1 Å². The third-order valence-electron chi connectivity index (χ3n) is 5.08. The number of amides is 1. The standard InChI is InChI=1S/C16H23F2N3OS/c17-15(18)13-14(23-20-19-13)16(22)21(11-7-3-1-4-8-11)12-9-5-2-6-10-12/h11-12,15H,1-10H2. The van der Waals surface area contributed by atoms with Crippen LogP contribution in [0.25, 0.3) is 0 Å². The molecule has 0 radical (unpaired) electrons. The normalized spacial score (nSPS) is 20.8. The Kier molecular flexibility index (Phi) is 5.56. The summed E-state index contributed by atoms with van der Waals surface area (Å²) < 4.78 is 29.8. The summed E-state index contributed by atoms with van der Waals surface area (Å²) in [6.07, 6.45) is 8.06. The molecule has 2 saturated carbocycles. The van der Waals surface area contributed by atoms with Crippen LogP contribution in [0.4, 0.5) is 8.78 Å². The number of hydrogen-bond acceptors (Lipinski definition) is 4. The van der Waals surface area contributed by atoms with Gasteiger partial charge in [0.15, 0.2) is 5.69 Å². The van der Waals surface area contributed by atoms with Crippen molar-refractivity contribution in [3.05, 3.63) is 10.6 Å². The van der Waals surface area contributed by atoms with Crippen LogP contribution < -0.4 is 0 Å². The van der Waals surface area contributed by atoms with E-state index in [2.05, 4.69) is 9.59 Å². The molecule has 2 aliphatic carbocycles. The molecule has 3 rings (SSSR count). The average Bonchev–Trinajstić information content (AvgIpc) is 3.07. The van der Waals surface area contributed by atoms with Crippen LogP contribution >= 0.6 is 11.5 Å². The number of rotatable bonds is 4. The maximum absolute atomic E-state index is 13.1. The van der Waals surface area contributed by atoms with Gasteiger partial charge in [0.05, 0.1) is 0 Å². The van der Waals surface area contributed by atoms with Crippen LogP contribution in [0.15, 0.2) is 0 Å². The minimum absolute atomic E-state index is 0.0381. The molecule has 1 aromatic rings. The van der Waals surface area contributed by atoms with Crippen LogP contribution in [-0.4, -0.2) is 32.5 Å². The van der Waals surface area contributed by atoms with Gasteiger partial charge in [0.2, 0.25) is 0 Å². The van der Waals surface area contributed by atoms with Gasteiger partial charge in [-0.3, -0.25) is 4.79 Å². The van der Waals surface area contributed by atoms with Crippen LogP contribution in [0, 0.1) is 0 Å². The van der Waals surface area contributed by atoms with Gasteiger partial charge in [0.25, 0.3) is 12.3 Å². The van der Waals surface area contributed by atoms with E-state index >= 15 is 0 Å². The van der Waals surface area contributed by atoms with E-state index in [9.17, 15) is 13.6 Å². The zero-order chi connectivity index (χ0) is 16.2. The van der Waals surface area contributed by atoms with Gasteiger partial charge in [0.1, 0.15) is 4.88 Å². The molecule has 1 aromatic heterocycles. The number of carbonyl (C=O) groups is 1. The van der Waals surface area contributed by atoms with E-state index in [1.165, 1.54) is 12.8 Å². The minimum Gasteiger partial charge on any atom is -0.332 e. The third-order valence-corrected chi connectivity index (χ3v) is 5.81. The predicted molar refractivity (Wildman–Crippen MR) is 84.8 cm³/mol. The maximum atomic E-state index is 13.1. The van der Waals surface area contributed by atoms with E-state index in [0.29, 0.717) is 0 Å². The molecule has 0 atom stereocenters. The SMILES string of the molecule is O=C(c1snnc1C(F)F)N(C1CCCCC1)C1CCCCC1. The highest BCUT2D eigenvalue weighted by Crippen LogP contribution is 2.33. The Bertz CT molecular complexity index is 507. The van der Waals surface area contributed by atoms with Gasteiger partial charge in [-0.2, -0.15) is 0 Å². The largest absolute Gasteiger partial charge is 0.332 e. The second-order valence-corrected chi connectivity index (χ2v) is 7.34. The van der Waals surface area contributed by atoms with Gasteiger partial charge in [0, 0.05) is 12.1 Å². The van der Waals surface area contributed by atoms with Crippen LogP contribution in [-0.2, 0) is 0 Å². The van der Waals surface area contributed by atoms with Gasteiger partial charge in [-0.05, 0) is 37.2 Å². The van der Waals surface area contributed by atoms with E-state index in [4.69, 9.17) is 0 Å². The summed E-state index contributed by atoms with van der Waals surface area (Å²) in [7, 11) is 0. The summed E-state index contributed by atoms with van der Waals surface area (Å²) >= 11 is 0.810. The van der Waals surface area contributed by atoms with Crippen molar-refractivity contribution < 1.29 is 13.6 Å². The lowest BCUT2D eigenvalue weighted by atomic mass is 9.88. The first kappa shape index (κ1) is 16.7. The second-order valence-electron chi connectivity index (χ2n) is 6.58. The summed E-state index contributed by atoms with van der Waals surface area (Å²) in [6, 6.07) is 0.374. The Morgan fingerprint density at radius 3 is 2.00 bits per heavy atom. The number of nitrogens with zero attached hydrogens (tertiary/aromatic N) is 3. The van der Waals surface area contributed by atoms with Crippen molar-refractivity contribution in [1.29, 1.82) is 0 Å². The number of aromatic nitrogens is 2. The fraction of sp³-hybridized carbons (Fsp3) is 0.812. The lowest BCUT2D eigenvalue weighted by molar-refractivity contribution is 0.0444. The lowest BCUT2D eigenvalue weighted by Crippen LogP contribution is -2.48. The van der Waals surface area contributed by atoms with Crippen LogP contribution in [0.3, 0.4) is 0 Å². The van der Waals surface area contributed by atoms with Crippen molar-refractivity contribution in [2.24, 2.45) is 0 Å². The minimum atomic E-state index is -2.74. The smallest absolute Gasteiger partial charge is 0.283 e. The quantitative estimate of drug-likeness (QED) is 0.803. The lowest BCUT2D eigenvalue weighted by Gasteiger charge is -2.41. The van der Waals surface area contributed by atoms with Gasteiger partial charge in [-0.1, -0.05) is 43.0 Å². The molecule has 0 aliphatic heterocycles. The monoisotopic (exact) mass is 343 g/mol. The highest BCUT2D eigenvalue weighted by Gasteiger charge is 2.36. The number of halogens is 2. The van der Waals surface area contributed by atoms with E-state index in [-0.39, 0.29) is 22.9 Å².